The maximum absolute atomic E-state index is 12.9. The minimum Gasteiger partial charge on any atom is -0.339 e. The molecular formula is C18H25N3OS. The minimum absolute atomic E-state index is 0.00586. The van der Waals surface area contributed by atoms with Crippen molar-refractivity contribution in [2.24, 2.45) is 5.92 Å². The van der Waals surface area contributed by atoms with Gasteiger partial charge in [0.15, 0.2) is 0 Å². The van der Waals surface area contributed by atoms with Crippen molar-refractivity contribution in [1.29, 1.82) is 0 Å². The lowest BCUT2D eigenvalue weighted by atomic mass is 9.98. The molecule has 2 aromatic rings. The number of hydrogen-bond donors (Lipinski definition) is 1. The smallest absolute Gasteiger partial charge is 0.225 e. The van der Waals surface area contributed by atoms with Gasteiger partial charge >= 0.3 is 0 Å². The van der Waals surface area contributed by atoms with Gasteiger partial charge in [0, 0.05) is 30.1 Å². The van der Waals surface area contributed by atoms with Gasteiger partial charge in [-0.1, -0.05) is 6.92 Å². The molecule has 0 spiro atoms. The van der Waals surface area contributed by atoms with Crippen LogP contribution in [0.3, 0.4) is 0 Å². The first-order valence-electron chi connectivity index (χ1n) is 8.30. The highest BCUT2D eigenvalue weighted by Crippen LogP contribution is 2.33. The number of hydrogen-bond acceptors (Lipinski definition) is 3. The molecule has 124 valence electrons. The molecule has 1 N–H and O–H groups in total. The van der Waals surface area contributed by atoms with Crippen molar-refractivity contribution < 1.29 is 4.79 Å². The van der Waals surface area contributed by atoms with Crippen LogP contribution in [0.1, 0.15) is 48.7 Å². The Morgan fingerprint density at radius 1 is 1.52 bits per heavy atom. The van der Waals surface area contributed by atoms with Crippen molar-refractivity contribution in [3.8, 4) is 0 Å². The SMILES string of the molecule is Cc1n[nH]c(C)c1CC(C)C(=O)N1CC(c2ccsc2)CC1C. The van der Waals surface area contributed by atoms with Crippen LogP contribution in [0.5, 0.6) is 0 Å². The molecule has 1 saturated heterocycles. The molecule has 23 heavy (non-hydrogen) atoms. The summed E-state index contributed by atoms with van der Waals surface area (Å²) in [6.45, 7) is 9.09. The normalized spacial score (nSPS) is 22.5. The van der Waals surface area contributed by atoms with Gasteiger partial charge in [0.05, 0.1) is 5.69 Å². The summed E-state index contributed by atoms with van der Waals surface area (Å²) >= 11 is 1.74. The van der Waals surface area contributed by atoms with Gasteiger partial charge in [-0.25, -0.2) is 0 Å². The fourth-order valence-electron chi connectivity index (χ4n) is 3.64. The second-order valence-electron chi connectivity index (χ2n) is 6.85. The number of thiophene rings is 1. The number of H-pyrrole nitrogens is 1. The number of aromatic amines is 1. The van der Waals surface area contributed by atoms with E-state index in [2.05, 4.69) is 38.8 Å². The van der Waals surface area contributed by atoms with Crippen LogP contribution in [0, 0.1) is 19.8 Å². The third kappa shape index (κ3) is 3.20. The van der Waals surface area contributed by atoms with E-state index in [-0.39, 0.29) is 11.8 Å². The summed E-state index contributed by atoms with van der Waals surface area (Å²) in [7, 11) is 0. The van der Waals surface area contributed by atoms with E-state index in [9.17, 15) is 4.79 Å². The minimum atomic E-state index is -0.00586. The van der Waals surface area contributed by atoms with Crippen molar-refractivity contribution in [2.75, 3.05) is 6.54 Å². The highest BCUT2D eigenvalue weighted by atomic mass is 32.1. The van der Waals surface area contributed by atoms with E-state index >= 15 is 0 Å². The van der Waals surface area contributed by atoms with Crippen LogP contribution >= 0.6 is 11.3 Å². The number of likely N-dealkylation sites (tertiary alicyclic amines) is 1. The Balaban J connectivity index is 1.68. The predicted octanol–water partition coefficient (Wildman–Crippen LogP) is 3.67. The first-order chi connectivity index (χ1) is 11.0. The fraction of sp³-hybridized carbons (Fsp3) is 0.556. The van der Waals surface area contributed by atoms with E-state index in [0.717, 1.165) is 30.8 Å². The molecule has 3 atom stereocenters. The number of aromatic nitrogens is 2. The summed E-state index contributed by atoms with van der Waals surface area (Å²) in [4.78, 5) is 15.0. The van der Waals surface area contributed by atoms with Crippen molar-refractivity contribution >= 4 is 17.2 Å². The Morgan fingerprint density at radius 3 is 2.91 bits per heavy atom. The molecule has 1 aliphatic rings. The molecule has 0 saturated carbocycles. The molecule has 1 fully saturated rings. The maximum atomic E-state index is 12.9. The zero-order valence-electron chi connectivity index (χ0n) is 14.3. The molecule has 5 heteroatoms. The molecule has 0 radical (unpaired) electrons. The second kappa shape index (κ2) is 6.48. The highest BCUT2D eigenvalue weighted by molar-refractivity contribution is 7.07. The predicted molar refractivity (Wildman–Crippen MR) is 93.8 cm³/mol. The summed E-state index contributed by atoms with van der Waals surface area (Å²) in [5.74, 6) is 0.758. The van der Waals surface area contributed by atoms with E-state index in [1.54, 1.807) is 11.3 Å². The van der Waals surface area contributed by atoms with Crippen molar-refractivity contribution in [1.82, 2.24) is 15.1 Å². The average molecular weight is 331 g/mol. The van der Waals surface area contributed by atoms with Gasteiger partial charge in [-0.3, -0.25) is 9.89 Å². The number of nitrogens with one attached hydrogen (secondary N) is 1. The number of carbonyl (C=O) groups excluding carboxylic acids is 1. The highest BCUT2D eigenvalue weighted by Gasteiger charge is 2.35. The van der Waals surface area contributed by atoms with Crippen molar-refractivity contribution in [2.45, 2.75) is 52.5 Å². The van der Waals surface area contributed by atoms with Crippen molar-refractivity contribution in [3.05, 3.63) is 39.3 Å². The average Bonchev–Trinajstić information content (AvgIpc) is 3.23. The first-order valence-corrected chi connectivity index (χ1v) is 9.24. The van der Waals surface area contributed by atoms with Crippen LogP contribution in [-0.2, 0) is 11.2 Å². The zero-order valence-corrected chi connectivity index (χ0v) is 15.1. The Morgan fingerprint density at radius 2 is 2.30 bits per heavy atom. The summed E-state index contributed by atoms with van der Waals surface area (Å²) in [5, 5.41) is 11.6. The van der Waals surface area contributed by atoms with E-state index in [1.807, 2.05) is 20.8 Å². The van der Waals surface area contributed by atoms with Crippen molar-refractivity contribution in [3.63, 3.8) is 0 Å². The number of amides is 1. The first kappa shape index (κ1) is 16.2. The number of carbonyl (C=O) groups is 1. The summed E-state index contributed by atoms with van der Waals surface area (Å²) in [5.41, 5.74) is 4.65. The zero-order chi connectivity index (χ0) is 16.6. The van der Waals surface area contributed by atoms with Gasteiger partial charge in [0.2, 0.25) is 5.91 Å². The lowest BCUT2D eigenvalue weighted by Crippen LogP contribution is -2.38. The largest absolute Gasteiger partial charge is 0.339 e. The molecule has 3 heterocycles. The monoisotopic (exact) mass is 331 g/mol. The van der Waals surface area contributed by atoms with Crippen LogP contribution in [-0.4, -0.2) is 33.6 Å². The Labute approximate surface area is 141 Å². The van der Waals surface area contributed by atoms with Gasteiger partial charge in [-0.2, -0.15) is 16.4 Å². The number of rotatable bonds is 4. The molecule has 1 aliphatic heterocycles. The topological polar surface area (TPSA) is 49.0 Å². The molecule has 4 nitrogen and oxygen atoms in total. The van der Waals surface area contributed by atoms with Gasteiger partial charge in [0.25, 0.3) is 0 Å². The molecule has 2 aromatic heterocycles. The molecule has 0 aromatic carbocycles. The molecule has 3 rings (SSSR count). The fourth-order valence-corrected chi connectivity index (χ4v) is 4.38. The van der Waals surface area contributed by atoms with E-state index in [1.165, 1.54) is 11.1 Å². The van der Waals surface area contributed by atoms with Gasteiger partial charge in [-0.05, 0) is 61.6 Å². The lowest BCUT2D eigenvalue weighted by Gasteiger charge is -2.25. The summed E-state index contributed by atoms with van der Waals surface area (Å²) in [6, 6.07) is 2.51. The van der Waals surface area contributed by atoms with Crippen LogP contribution in [0.4, 0.5) is 0 Å². The Bertz CT molecular complexity index is 657. The van der Waals surface area contributed by atoms with Crippen LogP contribution in [0.15, 0.2) is 16.8 Å². The third-order valence-electron chi connectivity index (χ3n) is 5.09. The molecule has 3 unspecified atom stereocenters. The quantitative estimate of drug-likeness (QED) is 0.929. The van der Waals surface area contributed by atoms with Gasteiger partial charge in [0.1, 0.15) is 0 Å². The number of aryl methyl sites for hydroxylation is 2. The van der Waals surface area contributed by atoms with E-state index in [0.29, 0.717) is 12.0 Å². The van der Waals surface area contributed by atoms with E-state index in [4.69, 9.17) is 0 Å². The third-order valence-corrected chi connectivity index (χ3v) is 5.79. The second-order valence-corrected chi connectivity index (χ2v) is 7.63. The standard InChI is InChI=1S/C18H25N3OS/c1-11(7-17-13(3)19-20-14(17)4)18(22)21-9-16(8-12(21)2)15-5-6-23-10-15/h5-6,10-12,16H,7-9H2,1-4H3,(H,19,20). The molecular weight excluding hydrogens is 306 g/mol. The summed E-state index contributed by atoms with van der Waals surface area (Å²) in [6.07, 6.45) is 1.83. The summed E-state index contributed by atoms with van der Waals surface area (Å²) < 4.78 is 0. The van der Waals surface area contributed by atoms with Crippen LogP contribution in [0.2, 0.25) is 0 Å². The molecule has 0 aliphatic carbocycles. The Hall–Kier alpha value is -1.62. The Kier molecular flexibility index (Phi) is 4.57. The van der Waals surface area contributed by atoms with Gasteiger partial charge in [-0.15, -0.1) is 0 Å². The molecule has 1 amide bonds. The van der Waals surface area contributed by atoms with Crippen LogP contribution in [0.25, 0.3) is 0 Å². The lowest BCUT2D eigenvalue weighted by molar-refractivity contribution is -0.135. The maximum Gasteiger partial charge on any atom is 0.225 e. The van der Waals surface area contributed by atoms with Gasteiger partial charge < -0.3 is 4.90 Å². The molecule has 0 bridgehead atoms. The number of nitrogens with zero attached hydrogens (tertiary/aromatic N) is 2. The van der Waals surface area contributed by atoms with E-state index < -0.39 is 0 Å². The van der Waals surface area contributed by atoms with Crippen LogP contribution < -0.4 is 0 Å².